The van der Waals surface area contributed by atoms with Crippen molar-refractivity contribution in [2.24, 2.45) is 0 Å². The molecule has 6 heteroatoms. The third-order valence-electron chi connectivity index (χ3n) is 2.22. The molecule has 0 bridgehead atoms. The molecule has 18 heavy (non-hydrogen) atoms. The molecule has 0 aliphatic heterocycles. The summed E-state index contributed by atoms with van der Waals surface area (Å²) in [6.45, 7) is 3.72. The minimum absolute atomic E-state index is 0.234. The van der Waals surface area contributed by atoms with E-state index >= 15 is 0 Å². The summed E-state index contributed by atoms with van der Waals surface area (Å²) in [5, 5.41) is 0.744. The summed E-state index contributed by atoms with van der Waals surface area (Å²) in [5.41, 5.74) is 7.80. The van der Waals surface area contributed by atoms with Crippen LogP contribution in [0.3, 0.4) is 0 Å². The Morgan fingerprint density at radius 1 is 1.00 bits per heavy atom. The van der Waals surface area contributed by atoms with Crippen LogP contribution in [0.5, 0.6) is 11.8 Å². The number of halogens is 2. The number of hydrogen-bond acceptors (Lipinski definition) is 4. The zero-order chi connectivity index (χ0) is 13.3. The Morgan fingerprint density at radius 3 is 2.17 bits per heavy atom. The lowest BCUT2D eigenvalue weighted by molar-refractivity contribution is 0.441. The molecule has 0 fully saturated rings. The third-order valence-corrected chi connectivity index (χ3v) is 2.94. The highest BCUT2D eigenvalue weighted by atomic mass is 35.5. The molecule has 2 N–H and O–H groups in total. The van der Waals surface area contributed by atoms with Crippen LogP contribution in [-0.4, -0.2) is 9.97 Å². The molecular weight excluding hydrogens is 273 g/mol. The lowest BCUT2D eigenvalue weighted by atomic mass is 10.3. The first-order valence-corrected chi connectivity index (χ1v) is 5.96. The van der Waals surface area contributed by atoms with Gasteiger partial charge in [-0.15, -0.1) is 0 Å². The topological polar surface area (TPSA) is 61.0 Å². The summed E-state index contributed by atoms with van der Waals surface area (Å²) < 4.78 is 5.52. The molecule has 0 amide bonds. The van der Waals surface area contributed by atoms with Crippen molar-refractivity contribution in [2.45, 2.75) is 13.8 Å². The van der Waals surface area contributed by atoms with Gasteiger partial charge in [0, 0.05) is 17.5 Å². The Balaban J connectivity index is 2.36. The number of aromatic nitrogens is 2. The van der Waals surface area contributed by atoms with Gasteiger partial charge in [-0.25, -0.2) is 9.97 Å². The summed E-state index contributed by atoms with van der Waals surface area (Å²) in [6.07, 6.45) is 0. The van der Waals surface area contributed by atoms with Gasteiger partial charge < -0.3 is 10.5 Å². The van der Waals surface area contributed by atoms with Crippen molar-refractivity contribution in [3.8, 4) is 11.8 Å². The van der Waals surface area contributed by atoms with Crippen LogP contribution in [-0.2, 0) is 0 Å². The van der Waals surface area contributed by atoms with Gasteiger partial charge in [-0.1, -0.05) is 23.2 Å². The van der Waals surface area contributed by atoms with Gasteiger partial charge in [-0.05, 0) is 26.0 Å². The number of hydrogen-bond donors (Lipinski definition) is 1. The van der Waals surface area contributed by atoms with Crippen molar-refractivity contribution < 1.29 is 4.74 Å². The second-order valence-corrected chi connectivity index (χ2v) is 4.65. The average Bonchev–Trinajstić information content (AvgIpc) is 2.24. The van der Waals surface area contributed by atoms with Crippen LogP contribution in [0.15, 0.2) is 18.2 Å². The minimum Gasteiger partial charge on any atom is -0.422 e. The van der Waals surface area contributed by atoms with Crippen molar-refractivity contribution in [2.75, 3.05) is 5.73 Å². The van der Waals surface area contributed by atoms with E-state index in [9.17, 15) is 0 Å². The SMILES string of the molecule is Cc1cc(C)nc(Oc2cc(Cl)c(Cl)cc2N)n1. The number of aryl methyl sites for hydroxylation is 2. The van der Waals surface area contributed by atoms with Crippen molar-refractivity contribution >= 4 is 28.9 Å². The molecule has 0 atom stereocenters. The van der Waals surface area contributed by atoms with Crippen molar-refractivity contribution in [1.82, 2.24) is 9.97 Å². The molecule has 4 nitrogen and oxygen atoms in total. The highest BCUT2D eigenvalue weighted by molar-refractivity contribution is 6.42. The molecule has 0 aliphatic carbocycles. The fourth-order valence-corrected chi connectivity index (χ4v) is 1.80. The van der Waals surface area contributed by atoms with E-state index < -0.39 is 0 Å². The van der Waals surface area contributed by atoms with Gasteiger partial charge in [0.15, 0.2) is 5.75 Å². The van der Waals surface area contributed by atoms with Gasteiger partial charge in [0.25, 0.3) is 0 Å². The molecule has 1 heterocycles. The van der Waals surface area contributed by atoms with Gasteiger partial charge >= 0.3 is 6.01 Å². The summed E-state index contributed by atoms with van der Waals surface area (Å²) in [6, 6.07) is 5.16. The summed E-state index contributed by atoms with van der Waals surface area (Å²) in [5.74, 6) is 0.384. The van der Waals surface area contributed by atoms with E-state index in [1.807, 2.05) is 19.9 Å². The van der Waals surface area contributed by atoms with Crippen molar-refractivity contribution in [3.05, 3.63) is 39.6 Å². The predicted octanol–water partition coefficient (Wildman–Crippen LogP) is 3.77. The molecule has 0 unspecified atom stereocenters. The average molecular weight is 284 g/mol. The highest BCUT2D eigenvalue weighted by Crippen LogP contribution is 2.34. The van der Waals surface area contributed by atoms with Crippen LogP contribution in [0.1, 0.15) is 11.4 Å². The molecule has 0 radical (unpaired) electrons. The van der Waals surface area contributed by atoms with E-state index in [1.165, 1.54) is 6.07 Å². The number of anilines is 1. The second kappa shape index (κ2) is 5.00. The molecule has 94 valence electrons. The quantitative estimate of drug-likeness (QED) is 0.852. The number of nitrogen functional groups attached to an aromatic ring is 1. The number of ether oxygens (including phenoxy) is 1. The fraction of sp³-hybridized carbons (Fsp3) is 0.167. The Morgan fingerprint density at radius 2 is 1.56 bits per heavy atom. The molecule has 2 aromatic rings. The van der Waals surface area contributed by atoms with E-state index in [2.05, 4.69) is 9.97 Å². The van der Waals surface area contributed by atoms with Crippen molar-refractivity contribution in [1.29, 1.82) is 0 Å². The van der Waals surface area contributed by atoms with Crippen molar-refractivity contribution in [3.63, 3.8) is 0 Å². The lowest BCUT2D eigenvalue weighted by Crippen LogP contribution is -1.98. The molecule has 1 aromatic heterocycles. The van der Waals surface area contributed by atoms with E-state index in [-0.39, 0.29) is 6.01 Å². The molecule has 0 saturated heterocycles. The van der Waals surface area contributed by atoms with E-state index in [0.717, 1.165) is 11.4 Å². The summed E-state index contributed by atoms with van der Waals surface area (Å²) in [4.78, 5) is 8.32. The number of nitrogens with zero attached hydrogens (tertiary/aromatic N) is 2. The maximum absolute atomic E-state index is 5.91. The molecule has 0 aliphatic rings. The lowest BCUT2D eigenvalue weighted by Gasteiger charge is -2.09. The van der Waals surface area contributed by atoms with Gasteiger partial charge in [0.2, 0.25) is 0 Å². The number of nitrogens with two attached hydrogens (primary N) is 1. The first kappa shape index (κ1) is 12.9. The van der Waals surface area contributed by atoms with Crippen LogP contribution in [0.25, 0.3) is 0 Å². The Kier molecular flexibility index (Phi) is 3.59. The summed E-state index contributed by atoms with van der Waals surface area (Å²) >= 11 is 11.7. The van der Waals surface area contributed by atoms with Crippen LogP contribution in [0.4, 0.5) is 5.69 Å². The first-order chi connectivity index (χ1) is 8.45. The number of rotatable bonds is 2. The van der Waals surface area contributed by atoms with Crippen LogP contribution < -0.4 is 10.5 Å². The maximum atomic E-state index is 5.91. The van der Waals surface area contributed by atoms with Crippen LogP contribution in [0.2, 0.25) is 10.0 Å². The van der Waals surface area contributed by atoms with Gasteiger partial charge in [-0.2, -0.15) is 0 Å². The zero-order valence-corrected chi connectivity index (χ0v) is 11.4. The van der Waals surface area contributed by atoms with Crippen LogP contribution in [0, 0.1) is 13.8 Å². The standard InChI is InChI=1S/C12H11Cl2N3O/c1-6-3-7(2)17-12(16-6)18-11-5-9(14)8(13)4-10(11)15/h3-5H,15H2,1-2H3. The van der Waals surface area contributed by atoms with E-state index in [0.29, 0.717) is 21.5 Å². The molecule has 0 saturated carbocycles. The van der Waals surface area contributed by atoms with Crippen LogP contribution >= 0.6 is 23.2 Å². The third kappa shape index (κ3) is 2.83. The largest absolute Gasteiger partial charge is 0.422 e. The highest BCUT2D eigenvalue weighted by Gasteiger charge is 2.09. The normalized spacial score (nSPS) is 10.4. The minimum atomic E-state index is 0.234. The van der Waals surface area contributed by atoms with E-state index in [1.54, 1.807) is 6.07 Å². The monoisotopic (exact) mass is 283 g/mol. The van der Waals surface area contributed by atoms with E-state index in [4.69, 9.17) is 33.7 Å². The smallest absolute Gasteiger partial charge is 0.322 e. The fourth-order valence-electron chi connectivity index (χ4n) is 1.47. The molecule has 0 spiro atoms. The Hall–Kier alpha value is -1.52. The maximum Gasteiger partial charge on any atom is 0.322 e. The van der Waals surface area contributed by atoms with Gasteiger partial charge in [0.05, 0.1) is 15.7 Å². The van der Waals surface area contributed by atoms with Gasteiger partial charge in [0.1, 0.15) is 0 Å². The first-order valence-electron chi connectivity index (χ1n) is 5.20. The van der Waals surface area contributed by atoms with Gasteiger partial charge in [-0.3, -0.25) is 0 Å². The molecular formula is C12H11Cl2N3O. The zero-order valence-electron chi connectivity index (χ0n) is 9.87. The Bertz CT molecular complexity index is 582. The number of benzene rings is 1. The predicted molar refractivity (Wildman–Crippen MR) is 72.5 cm³/mol. The molecule has 1 aromatic carbocycles. The summed E-state index contributed by atoms with van der Waals surface area (Å²) in [7, 11) is 0. The second-order valence-electron chi connectivity index (χ2n) is 3.84. The molecule has 2 rings (SSSR count). The Labute approximate surface area is 115 Å².